The molecule has 30 heavy (non-hydrogen) atoms. The first-order chi connectivity index (χ1) is 14.5. The molecule has 1 fully saturated rings. The topological polar surface area (TPSA) is 112 Å². The molecular formula is C21H23N5O4. The van der Waals surface area contributed by atoms with E-state index in [2.05, 4.69) is 15.3 Å². The number of ether oxygens (including phenoxy) is 1. The van der Waals surface area contributed by atoms with Crippen LogP contribution < -0.4 is 10.9 Å². The fourth-order valence-corrected chi connectivity index (χ4v) is 3.81. The molecule has 9 heteroatoms. The molecule has 3 aromatic rings. The van der Waals surface area contributed by atoms with Crippen LogP contribution >= 0.6 is 0 Å². The summed E-state index contributed by atoms with van der Waals surface area (Å²) in [5.41, 5.74) is 1.03. The Morgan fingerprint density at radius 3 is 2.70 bits per heavy atom. The quantitative estimate of drug-likeness (QED) is 0.491. The molecular weight excluding hydrogens is 386 g/mol. The standard InChI is InChI=1S/C21H23N5O4/c1-14(21-22-7-2-8-23-21)24-18-12-20(27)25(13-15-5-9-30-10-6-15)19-4-3-16(26(28)29)11-17(18)19/h2-4,7-8,11-12,14-15,24H,5-6,9-10,13H2,1H3. The van der Waals surface area contributed by atoms with Crippen molar-refractivity contribution in [3.63, 3.8) is 0 Å². The van der Waals surface area contributed by atoms with E-state index in [9.17, 15) is 14.9 Å². The SMILES string of the molecule is CC(Nc1cc(=O)n(CC2CCOCC2)c2ccc([N+](=O)[O-])cc12)c1ncccn1. The summed E-state index contributed by atoms with van der Waals surface area (Å²) < 4.78 is 7.13. The van der Waals surface area contributed by atoms with Crippen LogP contribution in [-0.2, 0) is 11.3 Å². The molecule has 1 aliphatic rings. The van der Waals surface area contributed by atoms with E-state index in [1.807, 2.05) is 6.92 Å². The van der Waals surface area contributed by atoms with Gasteiger partial charge in [0.2, 0.25) is 0 Å². The summed E-state index contributed by atoms with van der Waals surface area (Å²) in [6.07, 6.45) is 5.08. The summed E-state index contributed by atoms with van der Waals surface area (Å²) in [5, 5.41) is 15.2. The number of nitro benzene ring substituents is 1. The first kappa shape index (κ1) is 20.0. The Balaban J connectivity index is 1.77. The highest BCUT2D eigenvalue weighted by Crippen LogP contribution is 2.29. The van der Waals surface area contributed by atoms with Gasteiger partial charge in [-0.1, -0.05) is 0 Å². The minimum absolute atomic E-state index is 0.0228. The molecule has 0 spiro atoms. The summed E-state index contributed by atoms with van der Waals surface area (Å²) in [6, 6.07) is 7.56. The maximum atomic E-state index is 13.0. The van der Waals surface area contributed by atoms with Gasteiger partial charge in [-0.2, -0.15) is 0 Å². The van der Waals surface area contributed by atoms with Crippen LogP contribution in [0.1, 0.15) is 31.6 Å². The molecule has 1 aromatic carbocycles. The van der Waals surface area contributed by atoms with E-state index in [1.54, 1.807) is 29.1 Å². The fraction of sp³-hybridized carbons (Fsp3) is 0.381. The molecule has 2 aromatic heterocycles. The van der Waals surface area contributed by atoms with Crippen LogP contribution in [0.25, 0.3) is 10.9 Å². The number of hydrogen-bond acceptors (Lipinski definition) is 7. The number of benzene rings is 1. The number of nitrogens with zero attached hydrogens (tertiary/aromatic N) is 4. The van der Waals surface area contributed by atoms with Gasteiger partial charge in [0.25, 0.3) is 11.2 Å². The van der Waals surface area contributed by atoms with Crippen molar-refractivity contribution in [3.8, 4) is 0 Å². The second-order valence-corrected chi connectivity index (χ2v) is 7.49. The summed E-state index contributed by atoms with van der Waals surface area (Å²) in [5.74, 6) is 0.910. The van der Waals surface area contributed by atoms with Gasteiger partial charge in [0, 0.05) is 61.4 Å². The lowest BCUT2D eigenvalue weighted by atomic mass is 10.00. The number of nitrogens with one attached hydrogen (secondary N) is 1. The third kappa shape index (κ3) is 4.16. The van der Waals surface area contributed by atoms with Crippen molar-refractivity contribution in [3.05, 3.63) is 69.0 Å². The highest BCUT2D eigenvalue weighted by atomic mass is 16.6. The van der Waals surface area contributed by atoms with E-state index in [1.165, 1.54) is 18.2 Å². The molecule has 1 unspecified atom stereocenters. The van der Waals surface area contributed by atoms with E-state index in [4.69, 9.17) is 4.74 Å². The van der Waals surface area contributed by atoms with Crippen molar-refractivity contribution in [2.24, 2.45) is 5.92 Å². The lowest BCUT2D eigenvalue weighted by Gasteiger charge is -2.24. The number of pyridine rings is 1. The summed E-state index contributed by atoms with van der Waals surface area (Å²) in [7, 11) is 0. The van der Waals surface area contributed by atoms with Gasteiger partial charge in [-0.15, -0.1) is 0 Å². The predicted octanol–water partition coefficient (Wildman–Crippen LogP) is 3.30. The van der Waals surface area contributed by atoms with E-state index in [0.29, 0.717) is 48.1 Å². The van der Waals surface area contributed by atoms with E-state index in [-0.39, 0.29) is 17.3 Å². The Kier molecular flexibility index (Phi) is 5.71. The zero-order chi connectivity index (χ0) is 21.1. The van der Waals surface area contributed by atoms with Gasteiger partial charge >= 0.3 is 0 Å². The minimum atomic E-state index is -0.430. The monoisotopic (exact) mass is 409 g/mol. The smallest absolute Gasteiger partial charge is 0.270 e. The molecule has 0 saturated carbocycles. The molecule has 1 aliphatic heterocycles. The van der Waals surface area contributed by atoms with Crippen molar-refractivity contribution in [1.82, 2.24) is 14.5 Å². The zero-order valence-electron chi connectivity index (χ0n) is 16.7. The summed E-state index contributed by atoms with van der Waals surface area (Å²) in [6.45, 7) is 3.83. The molecule has 0 amide bonds. The third-order valence-corrected chi connectivity index (χ3v) is 5.43. The summed E-state index contributed by atoms with van der Waals surface area (Å²) >= 11 is 0. The number of fused-ring (bicyclic) bond motifs is 1. The minimum Gasteiger partial charge on any atom is -0.381 e. The van der Waals surface area contributed by atoms with Gasteiger partial charge in [-0.05, 0) is 37.8 Å². The van der Waals surface area contributed by atoms with Gasteiger partial charge in [0.15, 0.2) is 0 Å². The van der Waals surface area contributed by atoms with Crippen LogP contribution in [0.2, 0.25) is 0 Å². The first-order valence-corrected chi connectivity index (χ1v) is 9.96. The molecule has 1 saturated heterocycles. The fourth-order valence-electron chi connectivity index (χ4n) is 3.81. The van der Waals surface area contributed by atoms with Crippen LogP contribution in [0.3, 0.4) is 0 Å². The number of hydrogen-bond donors (Lipinski definition) is 1. The van der Waals surface area contributed by atoms with Crippen molar-refractivity contribution in [2.45, 2.75) is 32.4 Å². The Morgan fingerprint density at radius 2 is 2.00 bits per heavy atom. The molecule has 0 radical (unpaired) electrons. The number of aromatic nitrogens is 3. The summed E-state index contributed by atoms with van der Waals surface area (Å²) in [4.78, 5) is 32.4. The maximum absolute atomic E-state index is 13.0. The van der Waals surface area contributed by atoms with Gasteiger partial charge in [-0.25, -0.2) is 9.97 Å². The number of anilines is 1. The largest absolute Gasteiger partial charge is 0.381 e. The van der Waals surface area contributed by atoms with Crippen LogP contribution in [0.5, 0.6) is 0 Å². The molecule has 1 N–H and O–H groups in total. The molecule has 156 valence electrons. The molecule has 1 atom stereocenters. The van der Waals surface area contributed by atoms with Gasteiger partial charge < -0.3 is 14.6 Å². The highest BCUT2D eigenvalue weighted by Gasteiger charge is 2.20. The lowest BCUT2D eigenvalue weighted by molar-refractivity contribution is -0.384. The Bertz CT molecular complexity index is 1110. The Labute approximate surface area is 172 Å². The van der Waals surface area contributed by atoms with E-state index in [0.717, 1.165) is 12.8 Å². The van der Waals surface area contributed by atoms with E-state index >= 15 is 0 Å². The van der Waals surface area contributed by atoms with E-state index < -0.39 is 4.92 Å². The second-order valence-electron chi connectivity index (χ2n) is 7.49. The molecule has 4 rings (SSSR count). The van der Waals surface area contributed by atoms with Gasteiger partial charge in [-0.3, -0.25) is 14.9 Å². The molecule has 9 nitrogen and oxygen atoms in total. The average Bonchev–Trinajstić information content (AvgIpc) is 2.77. The second kappa shape index (κ2) is 8.58. The van der Waals surface area contributed by atoms with Crippen molar-refractivity contribution in [1.29, 1.82) is 0 Å². The average molecular weight is 409 g/mol. The maximum Gasteiger partial charge on any atom is 0.270 e. The normalized spacial score (nSPS) is 15.8. The number of nitro groups is 1. The zero-order valence-corrected chi connectivity index (χ0v) is 16.7. The van der Waals surface area contributed by atoms with Gasteiger partial charge in [0.05, 0.1) is 16.5 Å². The van der Waals surface area contributed by atoms with Crippen molar-refractivity contribution < 1.29 is 9.66 Å². The third-order valence-electron chi connectivity index (χ3n) is 5.43. The van der Waals surface area contributed by atoms with Crippen LogP contribution in [0.4, 0.5) is 11.4 Å². The van der Waals surface area contributed by atoms with Crippen molar-refractivity contribution in [2.75, 3.05) is 18.5 Å². The first-order valence-electron chi connectivity index (χ1n) is 9.96. The highest BCUT2D eigenvalue weighted by molar-refractivity contribution is 5.93. The number of non-ortho nitro benzene ring substituents is 1. The van der Waals surface area contributed by atoms with Crippen LogP contribution in [0, 0.1) is 16.0 Å². The van der Waals surface area contributed by atoms with Gasteiger partial charge in [0.1, 0.15) is 5.82 Å². The van der Waals surface area contributed by atoms with Crippen LogP contribution in [-0.4, -0.2) is 32.7 Å². The number of rotatable bonds is 6. The molecule has 0 bridgehead atoms. The molecule has 3 heterocycles. The van der Waals surface area contributed by atoms with Crippen molar-refractivity contribution >= 4 is 22.3 Å². The molecule has 0 aliphatic carbocycles. The Morgan fingerprint density at radius 1 is 1.27 bits per heavy atom. The van der Waals surface area contributed by atoms with Crippen LogP contribution in [0.15, 0.2) is 47.5 Å². The predicted molar refractivity (Wildman–Crippen MR) is 112 cm³/mol. The lowest BCUT2D eigenvalue weighted by Crippen LogP contribution is -2.28. The Hall–Kier alpha value is -3.33.